The number of halogens is 1. The van der Waals surface area contributed by atoms with Crippen molar-refractivity contribution in [3.05, 3.63) is 64.5 Å². The van der Waals surface area contributed by atoms with Gasteiger partial charge < -0.3 is 22.7 Å². The third kappa shape index (κ3) is 3.51. The van der Waals surface area contributed by atoms with Crippen molar-refractivity contribution >= 4 is 28.0 Å². The van der Waals surface area contributed by atoms with E-state index in [0.717, 1.165) is 4.47 Å². The summed E-state index contributed by atoms with van der Waals surface area (Å²) >= 11 is 3.45. The Labute approximate surface area is 180 Å². The molecule has 0 saturated heterocycles. The lowest BCUT2D eigenvalue weighted by Gasteiger charge is -2.09. The quantitative estimate of drug-likeness (QED) is 0.314. The number of nitrogens with zero attached hydrogens (tertiary/aromatic N) is 2. The van der Waals surface area contributed by atoms with Crippen molar-refractivity contribution in [1.82, 2.24) is 0 Å². The van der Waals surface area contributed by atoms with Crippen molar-refractivity contribution in [3.63, 3.8) is 0 Å². The summed E-state index contributed by atoms with van der Waals surface area (Å²) in [5.74, 6) is 2.61. The van der Waals surface area contributed by atoms with Gasteiger partial charge in [-0.1, -0.05) is 0 Å². The van der Waals surface area contributed by atoms with E-state index in [2.05, 4.69) is 27.0 Å². The summed E-state index contributed by atoms with van der Waals surface area (Å²) < 4.78 is 28.4. The lowest BCUT2D eigenvalue weighted by Crippen LogP contribution is -1.94. The fraction of sp³-hybridized carbons (Fsp3) is 0.0909. The highest BCUT2D eigenvalue weighted by molar-refractivity contribution is 9.10. The van der Waals surface area contributed by atoms with Gasteiger partial charge in [0.05, 0.1) is 36.8 Å². The number of furan rings is 3. The Balaban J connectivity index is 1.84. The van der Waals surface area contributed by atoms with Crippen molar-refractivity contribution in [2.24, 2.45) is 4.99 Å². The molecule has 150 valence electrons. The molecule has 0 unspecified atom stereocenters. The molecule has 0 N–H and O–H groups in total. The van der Waals surface area contributed by atoms with E-state index in [-0.39, 0.29) is 11.4 Å². The molecule has 30 heavy (non-hydrogen) atoms. The van der Waals surface area contributed by atoms with E-state index >= 15 is 0 Å². The molecule has 8 heteroatoms. The second-order valence-corrected chi connectivity index (χ2v) is 6.89. The second kappa shape index (κ2) is 8.35. The molecule has 0 spiro atoms. The maximum Gasteiger partial charge on any atom is 0.238 e. The highest BCUT2D eigenvalue weighted by Crippen LogP contribution is 2.43. The number of hydrogen-bond donors (Lipinski definition) is 0. The van der Waals surface area contributed by atoms with Gasteiger partial charge in [-0.3, -0.25) is 0 Å². The van der Waals surface area contributed by atoms with Gasteiger partial charge in [-0.2, -0.15) is 5.26 Å². The number of nitriles is 1. The smallest absolute Gasteiger partial charge is 0.238 e. The van der Waals surface area contributed by atoms with Crippen LogP contribution in [0.25, 0.3) is 22.8 Å². The van der Waals surface area contributed by atoms with Crippen molar-refractivity contribution in [2.75, 3.05) is 14.2 Å². The number of aliphatic imine (C=N–C) groups is 1. The average Bonchev–Trinajstić information content (AvgIpc) is 3.52. The fourth-order valence-corrected chi connectivity index (χ4v) is 3.49. The Bertz CT molecular complexity index is 1230. The van der Waals surface area contributed by atoms with E-state index in [1.54, 1.807) is 56.8 Å². The van der Waals surface area contributed by atoms with Gasteiger partial charge in [-0.25, -0.2) is 4.99 Å². The number of methoxy groups -OCH3 is 2. The van der Waals surface area contributed by atoms with Crippen molar-refractivity contribution in [2.45, 2.75) is 0 Å². The summed E-state index contributed by atoms with van der Waals surface area (Å²) in [6.45, 7) is 0. The fourth-order valence-electron chi connectivity index (χ4n) is 2.96. The third-order valence-corrected chi connectivity index (χ3v) is 4.96. The topological polar surface area (TPSA) is 94.0 Å². The Kier molecular flexibility index (Phi) is 5.46. The summed E-state index contributed by atoms with van der Waals surface area (Å²) in [6, 6.07) is 12.7. The highest BCUT2D eigenvalue weighted by Gasteiger charge is 2.26. The molecular weight excluding hydrogens is 452 g/mol. The molecule has 0 amide bonds. The van der Waals surface area contributed by atoms with Crippen LogP contribution in [0.5, 0.6) is 11.5 Å². The first-order valence-corrected chi connectivity index (χ1v) is 9.55. The minimum absolute atomic E-state index is 0.129. The summed E-state index contributed by atoms with van der Waals surface area (Å²) in [5.41, 5.74) is 1.39. The third-order valence-electron chi connectivity index (χ3n) is 4.34. The molecule has 3 aromatic heterocycles. The van der Waals surface area contributed by atoms with Crippen LogP contribution in [-0.2, 0) is 0 Å². The number of rotatable bonds is 6. The van der Waals surface area contributed by atoms with Gasteiger partial charge in [-0.05, 0) is 46.3 Å². The molecule has 0 aliphatic rings. The zero-order valence-electron chi connectivity index (χ0n) is 16.0. The van der Waals surface area contributed by atoms with E-state index in [0.29, 0.717) is 39.9 Å². The number of benzene rings is 1. The highest BCUT2D eigenvalue weighted by atomic mass is 79.9. The lowest BCUT2D eigenvalue weighted by atomic mass is 10.1. The predicted octanol–water partition coefficient (Wildman–Crippen LogP) is 6.20. The summed E-state index contributed by atoms with van der Waals surface area (Å²) in [4.78, 5) is 4.41. The van der Waals surface area contributed by atoms with Crippen LogP contribution in [0.4, 0.5) is 5.88 Å². The second-order valence-electron chi connectivity index (χ2n) is 6.04. The molecule has 0 fully saturated rings. The first kappa shape index (κ1) is 19.6. The van der Waals surface area contributed by atoms with E-state index in [1.165, 1.54) is 12.5 Å². The van der Waals surface area contributed by atoms with Crippen LogP contribution < -0.4 is 9.47 Å². The van der Waals surface area contributed by atoms with E-state index in [1.807, 2.05) is 0 Å². The summed E-state index contributed by atoms with van der Waals surface area (Å²) in [7, 11) is 3.12. The first-order valence-electron chi connectivity index (χ1n) is 8.76. The van der Waals surface area contributed by atoms with Crippen LogP contribution in [0.1, 0.15) is 11.1 Å². The lowest BCUT2D eigenvalue weighted by molar-refractivity contribution is 0.392. The van der Waals surface area contributed by atoms with Crippen molar-refractivity contribution in [1.29, 1.82) is 5.26 Å². The first-order chi connectivity index (χ1) is 14.7. The molecule has 7 nitrogen and oxygen atoms in total. The van der Waals surface area contributed by atoms with Crippen molar-refractivity contribution < 1.29 is 22.7 Å². The standard InChI is InChI=1S/C22H15BrN2O5/c1-26-18-10-19(27-2)15(23)9-13(18)12-25-22-14(11-24)20(16-5-3-7-28-16)21(30-22)17-6-4-8-29-17/h3-10,12H,1-2H3. The van der Waals surface area contributed by atoms with Crippen LogP contribution >= 0.6 is 15.9 Å². The zero-order valence-corrected chi connectivity index (χ0v) is 17.6. The van der Waals surface area contributed by atoms with Gasteiger partial charge in [-0.15, -0.1) is 0 Å². The minimum atomic E-state index is 0.129. The van der Waals surface area contributed by atoms with E-state index in [4.69, 9.17) is 22.7 Å². The molecule has 3 heterocycles. The van der Waals surface area contributed by atoms with Crippen LogP contribution in [0, 0.1) is 11.3 Å². The van der Waals surface area contributed by atoms with Gasteiger partial charge in [0.15, 0.2) is 11.5 Å². The monoisotopic (exact) mass is 466 g/mol. The molecule has 4 rings (SSSR count). The van der Waals surface area contributed by atoms with Gasteiger partial charge in [0.1, 0.15) is 28.9 Å². The number of ether oxygens (including phenoxy) is 2. The maximum absolute atomic E-state index is 9.81. The average molecular weight is 467 g/mol. The Morgan fingerprint density at radius 2 is 1.73 bits per heavy atom. The molecule has 0 aliphatic carbocycles. The molecule has 1 aromatic carbocycles. The molecule has 0 atom stereocenters. The van der Waals surface area contributed by atoms with Gasteiger partial charge in [0, 0.05) is 17.8 Å². The number of hydrogen-bond acceptors (Lipinski definition) is 7. The Hall–Kier alpha value is -3.70. The van der Waals surface area contributed by atoms with E-state index < -0.39 is 0 Å². The zero-order chi connectivity index (χ0) is 21.1. The van der Waals surface area contributed by atoms with Gasteiger partial charge in [0.25, 0.3) is 0 Å². The molecule has 0 radical (unpaired) electrons. The maximum atomic E-state index is 9.81. The molecule has 0 bridgehead atoms. The Morgan fingerprint density at radius 3 is 2.33 bits per heavy atom. The predicted molar refractivity (Wildman–Crippen MR) is 113 cm³/mol. The molecule has 4 aromatic rings. The van der Waals surface area contributed by atoms with Crippen LogP contribution in [0.2, 0.25) is 0 Å². The molecule has 0 saturated carbocycles. The minimum Gasteiger partial charge on any atom is -0.496 e. The normalized spacial score (nSPS) is 11.0. The van der Waals surface area contributed by atoms with E-state index in [9.17, 15) is 5.26 Å². The Morgan fingerprint density at radius 1 is 1.03 bits per heavy atom. The van der Waals surface area contributed by atoms with Gasteiger partial charge in [0.2, 0.25) is 5.88 Å². The largest absolute Gasteiger partial charge is 0.496 e. The summed E-state index contributed by atoms with van der Waals surface area (Å²) in [5, 5.41) is 9.81. The molecule has 0 aliphatic heterocycles. The van der Waals surface area contributed by atoms with Crippen LogP contribution in [0.3, 0.4) is 0 Å². The molecular formula is C22H15BrN2O5. The van der Waals surface area contributed by atoms with Crippen molar-refractivity contribution in [3.8, 4) is 40.4 Å². The summed E-state index contributed by atoms with van der Waals surface area (Å²) in [6.07, 6.45) is 4.61. The van der Waals surface area contributed by atoms with Gasteiger partial charge >= 0.3 is 0 Å². The SMILES string of the molecule is COc1cc(OC)c(C=Nc2oc(-c3ccco3)c(-c3ccco3)c2C#N)cc1Br. The van der Waals surface area contributed by atoms with Crippen LogP contribution in [-0.4, -0.2) is 20.4 Å². The van der Waals surface area contributed by atoms with Crippen LogP contribution in [0.15, 0.2) is 71.6 Å².